The van der Waals surface area contributed by atoms with Crippen molar-refractivity contribution in [2.45, 2.75) is 80.1 Å². The Morgan fingerprint density at radius 2 is 1.88 bits per heavy atom. The van der Waals surface area contributed by atoms with Crippen LogP contribution in [0.3, 0.4) is 0 Å². The highest BCUT2D eigenvalue weighted by atomic mass is 14.7. The predicted octanol–water partition coefficient (Wildman–Crippen LogP) is 7.62. The molecular formula is C24H37N. The summed E-state index contributed by atoms with van der Waals surface area (Å²) in [5.41, 5.74) is 6.83. The Balaban J connectivity index is 2.43. The summed E-state index contributed by atoms with van der Waals surface area (Å²) >= 11 is 0. The minimum absolute atomic E-state index is 0.602. The summed E-state index contributed by atoms with van der Waals surface area (Å²) in [5.74, 6) is 0.602. The normalized spacial score (nSPS) is 13.3. The molecular weight excluding hydrogens is 302 g/mol. The molecule has 0 saturated carbocycles. The lowest BCUT2D eigenvalue weighted by molar-refractivity contribution is 0.622. The fourth-order valence-electron chi connectivity index (χ4n) is 2.76. The van der Waals surface area contributed by atoms with Crippen LogP contribution >= 0.6 is 0 Å². The Labute approximate surface area is 156 Å². The van der Waals surface area contributed by atoms with Gasteiger partial charge in [-0.1, -0.05) is 62.6 Å². The molecule has 0 aliphatic heterocycles. The SMILES string of the molecule is CCCCC(C)/C(C)=N/C=C\CCCc1cccc(C(C)=C(C)C)c1. The highest BCUT2D eigenvalue weighted by Gasteiger charge is 2.03. The third-order valence-electron chi connectivity index (χ3n) is 5.03. The first-order valence-corrected chi connectivity index (χ1v) is 9.88. The van der Waals surface area contributed by atoms with Crippen LogP contribution in [0.2, 0.25) is 0 Å². The highest BCUT2D eigenvalue weighted by molar-refractivity contribution is 5.84. The average molecular weight is 340 g/mol. The first-order valence-electron chi connectivity index (χ1n) is 9.88. The predicted molar refractivity (Wildman–Crippen MR) is 114 cm³/mol. The zero-order valence-electron chi connectivity index (χ0n) is 17.2. The van der Waals surface area contributed by atoms with E-state index in [2.05, 4.69) is 76.9 Å². The molecule has 0 radical (unpaired) electrons. The molecule has 1 aromatic carbocycles. The van der Waals surface area contributed by atoms with Crippen LogP contribution in [0.1, 0.15) is 84.8 Å². The van der Waals surface area contributed by atoms with Crippen molar-refractivity contribution in [2.24, 2.45) is 10.9 Å². The van der Waals surface area contributed by atoms with Crippen LogP contribution in [-0.4, -0.2) is 5.71 Å². The van der Waals surface area contributed by atoms with Crippen LogP contribution in [-0.2, 0) is 6.42 Å². The average Bonchev–Trinajstić information content (AvgIpc) is 2.61. The fourth-order valence-corrected chi connectivity index (χ4v) is 2.76. The van der Waals surface area contributed by atoms with E-state index in [0.717, 1.165) is 12.8 Å². The van der Waals surface area contributed by atoms with Gasteiger partial charge in [-0.2, -0.15) is 0 Å². The number of aryl methyl sites for hydroxylation is 1. The quantitative estimate of drug-likeness (QED) is 0.307. The van der Waals surface area contributed by atoms with Crippen molar-refractivity contribution in [1.29, 1.82) is 0 Å². The van der Waals surface area contributed by atoms with Crippen LogP contribution in [0.15, 0.2) is 47.1 Å². The van der Waals surface area contributed by atoms with E-state index >= 15 is 0 Å². The van der Waals surface area contributed by atoms with Gasteiger partial charge in [-0.05, 0) is 76.0 Å². The number of hydrogen-bond acceptors (Lipinski definition) is 1. The molecule has 1 nitrogen and oxygen atoms in total. The van der Waals surface area contributed by atoms with Gasteiger partial charge < -0.3 is 0 Å². The Morgan fingerprint density at radius 3 is 2.56 bits per heavy atom. The van der Waals surface area contributed by atoms with Crippen molar-refractivity contribution in [2.75, 3.05) is 0 Å². The van der Waals surface area contributed by atoms with Crippen molar-refractivity contribution in [3.8, 4) is 0 Å². The van der Waals surface area contributed by atoms with Crippen molar-refractivity contribution >= 4 is 11.3 Å². The molecule has 25 heavy (non-hydrogen) atoms. The van der Waals surface area contributed by atoms with Crippen molar-refractivity contribution in [3.05, 3.63) is 53.2 Å². The van der Waals surface area contributed by atoms with E-state index < -0.39 is 0 Å². The molecule has 0 fully saturated rings. The molecule has 0 aliphatic rings. The van der Waals surface area contributed by atoms with Crippen LogP contribution < -0.4 is 0 Å². The minimum atomic E-state index is 0.602. The van der Waals surface area contributed by atoms with Crippen LogP contribution in [0, 0.1) is 5.92 Å². The van der Waals surface area contributed by atoms with Crippen LogP contribution in [0.5, 0.6) is 0 Å². The Kier molecular flexibility index (Phi) is 10.1. The van der Waals surface area contributed by atoms with E-state index in [-0.39, 0.29) is 0 Å². The summed E-state index contributed by atoms with van der Waals surface area (Å²) in [5, 5.41) is 0. The first kappa shape index (κ1) is 21.4. The maximum atomic E-state index is 4.61. The summed E-state index contributed by atoms with van der Waals surface area (Å²) in [6.07, 6.45) is 11.4. The molecule has 0 spiro atoms. The van der Waals surface area contributed by atoms with E-state index in [0.29, 0.717) is 5.92 Å². The second-order valence-corrected chi connectivity index (χ2v) is 7.42. The smallest absolute Gasteiger partial charge is 0.0227 e. The number of aliphatic imine (C=N–C) groups is 1. The molecule has 1 aromatic rings. The van der Waals surface area contributed by atoms with Gasteiger partial charge in [0.2, 0.25) is 0 Å². The van der Waals surface area contributed by atoms with Gasteiger partial charge in [-0.15, -0.1) is 0 Å². The molecule has 1 heteroatoms. The van der Waals surface area contributed by atoms with E-state index in [9.17, 15) is 0 Å². The molecule has 0 N–H and O–H groups in total. The zero-order chi connectivity index (χ0) is 18.7. The molecule has 0 aliphatic carbocycles. The monoisotopic (exact) mass is 339 g/mol. The summed E-state index contributed by atoms with van der Waals surface area (Å²) in [6, 6.07) is 8.97. The number of nitrogens with zero attached hydrogens (tertiary/aromatic N) is 1. The third kappa shape index (κ3) is 8.34. The van der Waals surface area contributed by atoms with Gasteiger partial charge in [0.15, 0.2) is 0 Å². The van der Waals surface area contributed by atoms with E-state index in [1.165, 1.54) is 53.7 Å². The van der Waals surface area contributed by atoms with E-state index in [4.69, 9.17) is 0 Å². The lowest BCUT2D eigenvalue weighted by Gasteiger charge is -2.09. The molecule has 1 rings (SSSR count). The van der Waals surface area contributed by atoms with E-state index in [1.807, 2.05) is 6.20 Å². The molecule has 138 valence electrons. The maximum Gasteiger partial charge on any atom is 0.0227 e. The minimum Gasteiger partial charge on any atom is -0.266 e. The Hall–Kier alpha value is -1.63. The highest BCUT2D eigenvalue weighted by Crippen LogP contribution is 2.19. The zero-order valence-corrected chi connectivity index (χ0v) is 17.2. The van der Waals surface area contributed by atoms with Gasteiger partial charge >= 0.3 is 0 Å². The Morgan fingerprint density at radius 1 is 1.12 bits per heavy atom. The second kappa shape index (κ2) is 11.8. The number of allylic oxidation sites excluding steroid dienone is 3. The van der Waals surface area contributed by atoms with Crippen molar-refractivity contribution in [1.82, 2.24) is 0 Å². The first-order chi connectivity index (χ1) is 12.0. The van der Waals surface area contributed by atoms with Crippen LogP contribution in [0.25, 0.3) is 5.57 Å². The molecule has 1 unspecified atom stereocenters. The summed E-state index contributed by atoms with van der Waals surface area (Å²) in [7, 11) is 0. The lowest BCUT2D eigenvalue weighted by Crippen LogP contribution is -2.05. The maximum absolute atomic E-state index is 4.61. The number of unbranched alkanes of at least 4 members (excludes halogenated alkanes) is 2. The third-order valence-corrected chi connectivity index (χ3v) is 5.03. The summed E-state index contributed by atoms with van der Waals surface area (Å²) in [6.45, 7) is 13.2. The second-order valence-electron chi connectivity index (χ2n) is 7.42. The summed E-state index contributed by atoms with van der Waals surface area (Å²) < 4.78 is 0. The topological polar surface area (TPSA) is 12.4 Å². The molecule has 1 atom stereocenters. The van der Waals surface area contributed by atoms with E-state index in [1.54, 1.807) is 0 Å². The van der Waals surface area contributed by atoms with Gasteiger partial charge in [0.25, 0.3) is 0 Å². The van der Waals surface area contributed by atoms with Gasteiger partial charge in [-0.25, -0.2) is 0 Å². The molecule has 0 heterocycles. The molecule has 0 amide bonds. The van der Waals surface area contributed by atoms with Gasteiger partial charge in [0.05, 0.1) is 0 Å². The standard InChI is InChI=1S/C24H37N/c1-7-8-13-20(4)22(6)25-17-11-9-10-14-23-15-12-16-24(18-23)21(5)19(2)3/h11-12,15-18,20H,7-10,13-14H2,1-6H3/b17-11-,25-22+. The summed E-state index contributed by atoms with van der Waals surface area (Å²) in [4.78, 5) is 4.61. The number of benzene rings is 1. The van der Waals surface area contributed by atoms with Crippen molar-refractivity contribution < 1.29 is 0 Å². The molecule has 0 aromatic heterocycles. The van der Waals surface area contributed by atoms with Crippen LogP contribution in [0.4, 0.5) is 0 Å². The number of hydrogen-bond donors (Lipinski definition) is 0. The van der Waals surface area contributed by atoms with Gasteiger partial charge in [0.1, 0.15) is 0 Å². The Bertz CT molecular complexity index is 600. The fraction of sp³-hybridized carbons (Fsp3) is 0.542. The lowest BCUT2D eigenvalue weighted by atomic mass is 9.99. The van der Waals surface area contributed by atoms with Crippen molar-refractivity contribution in [3.63, 3.8) is 0 Å². The number of rotatable bonds is 10. The van der Waals surface area contributed by atoms with Gasteiger partial charge in [0, 0.05) is 11.9 Å². The largest absolute Gasteiger partial charge is 0.266 e. The molecule has 0 bridgehead atoms. The van der Waals surface area contributed by atoms with Gasteiger partial charge in [-0.3, -0.25) is 4.99 Å². The molecule has 0 saturated heterocycles.